The number of ether oxygens (including phenoxy) is 3. The zero-order valence-corrected chi connectivity index (χ0v) is 26.2. The molecule has 0 aromatic heterocycles. The molecule has 2 aromatic carbocycles. The molecule has 12 heteroatoms. The molecule has 0 amide bonds. The lowest BCUT2D eigenvalue weighted by Gasteiger charge is -2.30. The third-order valence-electron chi connectivity index (χ3n) is 8.73. The van der Waals surface area contributed by atoms with E-state index in [0.717, 1.165) is 39.2 Å². The first-order valence-electron chi connectivity index (χ1n) is 13.2. The van der Waals surface area contributed by atoms with Crippen LogP contribution in [0.25, 0.3) is 0 Å². The molecule has 212 valence electrons. The van der Waals surface area contributed by atoms with Crippen molar-refractivity contribution in [3.05, 3.63) is 54.7 Å². The van der Waals surface area contributed by atoms with Gasteiger partial charge in [-0.25, -0.2) is 13.2 Å². The topological polar surface area (TPSA) is 136 Å². The highest BCUT2D eigenvalue weighted by Crippen LogP contribution is 2.59. The predicted octanol–water partition coefficient (Wildman–Crippen LogP) is 4.79. The summed E-state index contributed by atoms with van der Waals surface area (Å²) in [5.41, 5.74) is 0.739. The lowest BCUT2D eigenvalue weighted by atomic mass is 9.78. The van der Waals surface area contributed by atoms with Gasteiger partial charge in [0.25, 0.3) is 0 Å². The van der Waals surface area contributed by atoms with Gasteiger partial charge in [0.2, 0.25) is 0 Å². The molecule has 4 fully saturated rings. The van der Waals surface area contributed by atoms with Gasteiger partial charge >= 0.3 is 17.9 Å². The highest BCUT2D eigenvalue weighted by atomic mass is 127. The van der Waals surface area contributed by atoms with E-state index in [9.17, 15) is 27.4 Å². The highest BCUT2D eigenvalue weighted by molar-refractivity contribution is 14.1. The Kier molecular flexibility index (Phi) is 7.66. The Bertz CT molecular complexity index is 1500. The van der Waals surface area contributed by atoms with Gasteiger partial charge in [0.1, 0.15) is 28.1 Å². The second-order valence-electron chi connectivity index (χ2n) is 10.9. The number of carbonyl (C=O) groups is 3. The predicted molar refractivity (Wildman–Crippen MR) is 155 cm³/mol. The molecule has 1 aliphatic heterocycles. The van der Waals surface area contributed by atoms with Crippen LogP contribution in [-0.2, 0) is 29.2 Å². The van der Waals surface area contributed by atoms with Crippen LogP contribution in [0.4, 0.5) is 0 Å². The van der Waals surface area contributed by atoms with Gasteiger partial charge in [0.15, 0.2) is 0 Å². The number of benzene rings is 2. The van der Waals surface area contributed by atoms with Gasteiger partial charge in [-0.15, -0.1) is 0 Å². The first-order valence-corrected chi connectivity index (χ1v) is 16.8. The van der Waals surface area contributed by atoms with Crippen molar-refractivity contribution in [2.75, 3.05) is 0 Å². The quantitative estimate of drug-likeness (QED) is 0.175. The molecule has 4 aliphatic rings. The molecule has 9 nitrogen and oxygen atoms in total. The van der Waals surface area contributed by atoms with E-state index in [-0.39, 0.29) is 22.5 Å². The van der Waals surface area contributed by atoms with Crippen LogP contribution in [0.5, 0.6) is 5.75 Å². The van der Waals surface area contributed by atoms with Crippen LogP contribution < -0.4 is 4.74 Å². The van der Waals surface area contributed by atoms with E-state index in [1.165, 1.54) is 18.2 Å². The average molecular weight is 791 g/mol. The third-order valence-corrected chi connectivity index (χ3v) is 12.5. The molecule has 6 rings (SSSR count). The van der Waals surface area contributed by atoms with Gasteiger partial charge in [0, 0.05) is 19.0 Å². The van der Waals surface area contributed by atoms with Crippen LogP contribution in [0.3, 0.4) is 0 Å². The molecule has 6 unspecified atom stereocenters. The van der Waals surface area contributed by atoms with Gasteiger partial charge < -0.3 is 18.8 Å². The van der Waals surface area contributed by atoms with Crippen molar-refractivity contribution in [2.45, 2.75) is 61.5 Å². The molecule has 1 heterocycles. The van der Waals surface area contributed by atoms with E-state index in [2.05, 4.69) is 45.2 Å². The maximum absolute atomic E-state index is 13.5. The van der Waals surface area contributed by atoms with Gasteiger partial charge in [-0.05, 0) is 112 Å². The Morgan fingerprint density at radius 1 is 0.975 bits per heavy atom. The SMILES string of the molecule is O=C(OC1C2CC3C1OC(=O)C3C2C(=O)Oc1ccc(S(=O)(=O)[O-])c(C2CCCCC2)c1)c1ccc(I)c(I)c1. The molecular weight excluding hydrogens is 766 g/mol. The van der Waals surface area contributed by atoms with Gasteiger partial charge in [-0.1, -0.05) is 19.3 Å². The molecule has 1 saturated heterocycles. The van der Waals surface area contributed by atoms with Crippen molar-refractivity contribution in [2.24, 2.45) is 23.7 Å². The smallest absolute Gasteiger partial charge is 0.338 e. The first kappa shape index (κ1) is 28.3. The minimum atomic E-state index is -4.71. The fourth-order valence-electron chi connectivity index (χ4n) is 7.02. The molecule has 2 bridgehead atoms. The van der Waals surface area contributed by atoms with Gasteiger partial charge in [-0.3, -0.25) is 9.59 Å². The largest absolute Gasteiger partial charge is 0.744 e. The molecule has 3 aliphatic carbocycles. The van der Waals surface area contributed by atoms with Crippen molar-refractivity contribution < 1.29 is 41.6 Å². The molecule has 3 saturated carbocycles. The summed E-state index contributed by atoms with van der Waals surface area (Å²) in [5.74, 6) is -3.98. The first-order chi connectivity index (χ1) is 19.0. The van der Waals surface area contributed by atoms with Crippen LogP contribution in [0, 0.1) is 30.8 Å². The van der Waals surface area contributed by atoms with E-state index >= 15 is 0 Å². The summed E-state index contributed by atoms with van der Waals surface area (Å²) in [4.78, 5) is 39.0. The summed E-state index contributed by atoms with van der Waals surface area (Å²) in [6.07, 6.45) is 3.49. The second-order valence-corrected chi connectivity index (χ2v) is 14.6. The van der Waals surface area contributed by atoms with Crippen LogP contribution in [0.15, 0.2) is 41.3 Å². The molecule has 0 spiro atoms. The highest BCUT2D eigenvalue weighted by Gasteiger charge is 2.70. The number of hydrogen-bond acceptors (Lipinski definition) is 9. The molecule has 0 N–H and O–H groups in total. The van der Waals surface area contributed by atoms with Crippen LogP contribution >= 0.6 is 45.2 Å². The van der Waals surface area contributed by atoms with Crippen molar-refractivity contribution in [1.29, 1.82) is 0 Å². The second kappa shape index (κ2) is 10.8. The van der Waals surface area contributed by atoms with E-state index < -0.39 is 58.0 Å². The van der Waals surface area contributed by atoms with E-state index in [4.69, 9.17) is 14.2 Å². The average Bonchev–Trinajstić information content (AvgIpc) is 3.54. The summed E-state index contributed by atoms with van der Waals surface area (Å²) in [5, 5.41) is 0. The zero-order valence-electron chi connectivity index (χ0n) is 21.1. The number of carbonyl (C=O) groups excluding carboxylic acids is 3. The van der Waals surface area contributed by atoms with Crippen molar-refractivity contribution in [3.8, 4) is 5.75 Å². The lowest BCUT2D eigenvalue weighted by molar-refractivity contribution is -0.149. The Hall–Kier alpha value is -1.78. The Morgan fingerprint density at radius 2 is 1.73 bits per heavy atom. The Morgan fingerprint density at radius 3 is 2.42 bits per heavy atom. The maximum Gasteiger partial charge on any atom is 0.338 e. The normalized spacial score (nSPS) is 29.3. The van der Waals surface area contributed by atoms with Gasteiger partial charge in [0.05, 0.1) is 22.3 Å². The van der Waals surface area contributed by atoms with E-state index in [1.807, 2.05) is 6.07 Å². The van der Waals surface area contributed by atoms with Crippen LogP contribution in [0.1, 0.15) is 60.4 Å². The van der Waals surface area contributed by atoms with Crippen molar-refractivity contribution in [3.63, 3.8) is 0 Å². The molecule has 2 aromatic rings. The minimum absolute atomic E-state index is 0.116. The summed E-state index contributed by atoms with van der Waals surface area (Å²) < 4.78 is 54.9. The molecule has 6 atom stereocenters. The fraction of sp³-hybridized carbons (Fsp3) is 0.464. The molecule has 40 heavy (non-hydrogen) atoms. The number of hydrogen-bond donors (Lipinski definition) is 0. The maximum atomic E-state index is 13.5. The van der Waals surface area contributed by atoms with Crippen molar-refractivity contribution >= 4 is 73.2 Å². The molecule has 0 radical (unpaired) electrons. The zero-order chi connectivity index (χ0) is 28.3. The fourth-order valence-corrected chi connectivity index (χ4v) is 8.62. The Balaban J connectivity index is 1.24. The summed E-state index contributed by atoms with van der Waals surface area (Å²) in [6, 6.07) is 9.18. The van der Waals surface area contributed by atoms with E-state index in [0.29, 0.717) is 17.5 Å². The van der Waals surface area contributed by atoms with Crippen LogP contribution in [0.2, 0.25) is 0 Å². The number of rotatable bonds is 6. The number of fused-ring (bicyclic) bond motifs is 1. The van der Waals surface area contributed by atoms with Crippen LogP contribution in [-0.4, -0.2) is 43.1 Å². The minimum Gasteiger partial charge on any atom is -0.744 e. The lowest BCUT2D eigenvalue weighted by Crippen LogP contribution is -2.44. The monoisotopic (exact) mass is 791 g/mol. The summed E-state index contributed by atoms with van der Waals surface area (Å²) in [6.45, 7) is 0. The number of halogens is 2. The van der Waals surface area contributed by atoms with Crippen molar-refractivity contribution in [1.82, 2.24) is 0 Å². The third kappa shape index (κ3) is 5.06. The number of esters is 3. The standard InChI is InChI=1S/C28H26I2O9S/c29-19-8-6-14(10-20(19)30)26(31)38-24-17-12-18-23(28(33)39-25(18)24)22(17)27(32)37-15-7-9-21(40(34,35)36)16(11-15)13-4-2-1-3-5-13/h6-11,13,17-18,22-25H,1-5,12H2,(H,34,35,36)/p-1. The summed E-state index contributed by atoms with van der Waals surface area (Å²) in [7, 11) is -4.71. The summed E-state index contributed by atoms with van der Waals surface area (Å²) >= 11 is 4.31. The Labute approximate surface area is 258 Å². The van der Waals surface area contributed by atoms with E-state index in [1.54, 1.807) is 12.1 Å². The molecular formula is C28H25I2O9S-. The van der Waals surface area contributed by atoms with Gasteiger partial charge in [-0.2, -0.15) is 0 Å².